The maximum Gasteiger partial charge on any atom is 0.291 e. The van der Waals surface area contributed by atoms with Crippen LogP contribution in [-0.2, 0) is 0 Å². The van der Waals surface area contributed by atoms with E-state index >= 15 is 0 Å². The standard InChI is InChI=1S/C12H9BrFNO3/c1-17-9-3-2-7(14)6-8(9)15-12(16)10-4-5-11(13)18-10/h2-6H,1H3,(H,15,16). The zero-order valence-electron chi connectivity index (χ0n) is 9.37. The fraction of sp³-hybridized carbons (Fsp3) is 0.0833. The molecule has 1 amide bonds. The third-order valence-electron chi connectivity index (χ3n) is 2.21. The van der Waals surface area contributed by atoms with Crippen molar-refractivity contribution in [2.45, 2.75) is 0 Å². The van der Waals surface area contributed by atoms with Gasteiger partial charge >= 0.3 is 0 Å². The highest BCUT2D eigenvalue weighted by atomic mass is 79.9. The lowest BCUT2D eigenvalue weighted by Crippen LogP contribution is -2.11. The summed E-state index contributed by atoms with van der Waals surface area (Å²) in [6.45, 7) is 0. The number of nitrogens with one attached hydrogen (secondary N) is 1. The molecular weight excluding hydrogens is 305 g/mol. The van der Waals surface area contributed by atoms with Gasteiger partial charge in [0.2, 0.25) is 0 Å². The van der Waals surface area contributed by atoms with E-state index in [0.29, 0.717) is 10.4 Å². The van der Waals surface area contributed by atoms with Crippen molar-refractivity contribution in [3.8, 4) is 5.75 Å². The first-order valence-corrected chi connectivity index (χ1v) is 5.79. The molecule has 0 saturated heterocycles. The SMILES string of the molecule is COc1ccc(F)cc1NC(=O)c1ccc(Br)o1. The molecule has 2 rings (SSSR count). The van der Waals surface area contributed by atoms with Gasteiger partial charge in [0, 0.05) is 6.07 Å². The van der Waals surface area contributed by atoms with E-state index in [2.05, 4.69) is 21.2 Å². The molecule has 94 valence electrons. The lowest BCUT2D eigenvalue weighted by molar-refractivity contribution is 0.0995. The summed E-state index contributed by atoms with van der Waals surface area (Å²) in [4.78, 5) is 11.8. The highest BCUT2D eigenvalue weighted by Gasteiger charge is 2.13. The van der Waals surface area contributed by atoms with Gasteiger partial charge in [-0.2, -0.15) is 0 Å². The first kappa shape index (κ1) is 12.6. The predicted octanol–water partition coefficient (Wildman–Crippen LogP) is 3.44. The molecule has 0 saturated carbocycles. The number of amides is 1. The van der Waals surface area contributed by atoms with Crippen LogP contribution in [0.2, 0.25) is 0 Å². The highest BCUT2D eigenvalue weighted by molar-refractivity contribution is 9.10. The zero-order valence-corrected chi connectivity index (χ0v) is 11.0. The molecule has 1 heterocycles. The summed E-state index contributed by atoms with van der Waals surface area (Å²) in [6, 6.07) is 6.96. The Bertz CT molecular complexity index is 582. The van der Waals surface area contributed by atoms with Crippen LogP contribution in [0, 0.1) is 5.82 Å². The summed E-state index contributed by atoms with van der Waals surface area (Å²) in [5.41, 5.74) is 0.245. The number of ether oxygens (including phenoxy) is 1. The molecule has 0 radical (unpaired) electrons. The molecule has 6 heteroatoms. The minimum atomic E-state index is -0.482. The molecule has 18 heavy (non-hydrogen) atoms. The molecule has 4 nitrogen and oxygen atoms in total. The van der Waals surface area contributed by atoms with Crippen molar-refractivity contribution >= 4 is 27.5 Å². The van der Waals surface area contributed by atoms with E-state index in [1.54, 1.807) is 6.07 Å². The van der Waals surface area contributed by atoms with Crippen LogP contribution in [0.3, 0.4) is 0 Å². The summed E-state index contributed by atoms with van der Waals surface area (Å²) >= 11 is 3.09. The number of benzene rings is 1. The lowest BCUT2D eigenvalue weighted by atomic mass is 10.2. The van der Waals surface area contributed by atoms with Gasteiger partial charge in [0.05, 0.1) is 12.8 Å². The second-order valence-electron chi connectivity index (χ2n) is 3.40. The summed E-state index contributed by atoms with van der Waals surface area (Å²) in [5.74, 6) is -0.458. The van der Waals surface area contributed by atoms with Crippen molar-refractivity contribution in [2.75, 3.05) is 12.4 Å². The van der Waals surface area contributed by atoms with Crippen LogP contribution in [0.25, 0.3) is 0 Å². The summed E-state index contributed by atoms with van der Waals surface area (Å²) in [5, 5.41) is 2.51. The molecule has 1 aromatic carbocycles. The quantitative estimate of drug-likeness (QED) is 0.944. The number of rotatable bonds is 3. The van der Waals surface area contributed by atoms with Crippen LogP contribution in [0.5, 0.6) is 5.75 Å². The van der Waals surface area contributed by atoms with E-state index in [-0.39, 0.29) is 11.4 Å². The number of methoxy groups -OCH3 is 1. The minimum Gasteiger partial charge on any atom is -0.495 e. The van der Waals surface area contributed by atoms with Crippen molar-refractivity contribution in [3.05, 3.63) is 46.6 Å². The van der Waals surface area contributed by atoms with E-state index in [4.69, 9.17) is 9.15 Å². The molecule has 0 aliphatic carbocycles. The molecule has 0 unspecified atom stereocenters. The average molecular weight is 314 g/mol. The normalized spacial score (nSPS) is 10.2. The molecule has 1 aromatic heterocycles. The van der Waals surface area contributed by atoms with Crippen molar-refractivity contribution in [1.29, 1.82) is 0 Å². The van der Waals surface area contributed by atoms with Crippen LogP contribution in [0.1, 0.15) is 10.6 Å². The largest absolute Gasteiger partial charge is 0.495 e. The number of carbonyl (C=O) groups excluding carboxylic acids is 1. The zero-order chi connectivity index (χ0) is 13.1. The number of anilines is 1. The van der Waals surface area contributed by atoms with E-state index in [9.17, 15) is 9.18 Å². The van der Waals surface area contributed by atoms with Crippen molar-refractivity contribution in [3.63, 3.8) is 0 Å². The fourth-order valence-corrected chi connectivity index (χ4v) is 1.70. The van der Waals surface area contributed by atoms with Crippen LogP contribution < -0.4 is 10.1 Å². The third kappa shape index (κ3) is 2.70. The number of carbonyl (C=O) groups is 1. The molecule has 2 aromatic rings. The maximum atomic E-state index is 13.1. The Kier molecular flexibility index (Phi) is 3.66. The predicted molar refractivity (Wildman–Crippen MR) is 67.3 cm³/mol. The third-order valence-corrected chi connectivity index (χ3v) is 2.63. The molecule has 0 aliphatic rings. The fourth-order valence-electron chi connectivity index (χ4n) is 1.40. The molecule has 1 N–H and O–H groups in total. The van der Waals surface area contributed by atoms with E-state index in [1.165, 1.54) is 31.4 Å². The molecule has 0 fully saturated rings. The summed E-state index contributed by atoms with van der Waals surface area (Å²) in [6.07, 6.45) is 0. The van der Waals surface area contributed by atoms with Gasteiger partial charge in [0.15, 0.2) is 10.4 Å². The van der Waals surface area contributed by atoms with Gasteiger partial charge in [-0.15, -0.1) is 0 Å². The average Bonchev–Trinajstić information content (AvgIpc) is 2.76. The Labute approximate surface area is 111 Å². The van der Waals surface area contributed by atoms with E-state index in [1.807, 2.05) is 0 Å². The second kappa shape index (κ2) is 5.22. The van der Waals surface area contributed by atoms with Gasteiger partial charge in [-0.05, 0) is 40.2 Å². The van der Waals surface area contributed by atoms with Gasteiger partial charge in [-0.25, -0.2) is 4.39 Å². The van der Waals surface area contributed by atoms with Gasteiger partial charge in [0.1, 0.15) is 11.6 Å². The Morgan fingerprint density at radius 3 is 2.78 bits per heavy atom. The number of furan rings is 1. The van der Waals surface area contributed by atoms with Crippen molar-refractivity contribution < 1.29 is 18.3 Å². The van der Waals surface area contributed by atoms with Crippen LogP contribution in [0.15, 0.2) is 39.4 Å². The lowest BCUT2D eigenvalue weighted by Gasteiger charge is -2.08. The highest BCUT2D eigenvalue weighted by Crippen LogP contribution is 2.25. The minimum absolute atomic E-state index is 0.119. The Morgan fingerprint density at radius 2 is 2.17 bits per heavy atom. The first-order chi connectivity index (χ1) is 8.60. The van der Waals surface area contributed by atoms with Gasteiger partial charge in [-0.3, -0.25) is 4.79 Å². The van der Waals surface area contributed by atoms with Crippen LogP contribution >= 0.6 is 15.9 Å². The Hall–Kier alpha value is -1.82. The summed E-state index contributed by atoms with van der Waals surface area (Å²) < 4.78 is 23.7. The number of hydrogen-bond acceptors (Lipinski definition) is 3. The molecule has 0 atom stereocenters. The van der Waals surface area contributed by atoms with Gasteiger partial charge in [-0.1, -0.05) is 0 Å². The molecule has 0 spiro atoms. The number of hydrogen-bond donors (Lipinski definition) is 1. The Balaban J connectivity index is 2.23. The van der Waals surface area contributed by atoms with Gasteiger partial charge in [0.25, 0.3) is 5.91 Å². The van der Waals surface area contributed by atoms with E-state index in [0.717, 1.165) is 0 Å². The second-order valence-corrected chi connectivity index (χ2v) is 4.18. The van der Waals surface area contributed by atoms with Crippen molar-refractivity contribution in [1.82, 2.24) is 0 Å². The molecule has 0 bridgehead atoms. The van der Waals surface area contributed by atoms with Crippen LogP contribution in [0.4, 0.5) is 10.1 Å². The topological polar surface area (TPSA) is 51.5 Å². The Morgan fingerprint density at radius 1 is 1.39 bits per heavy atom. The van der Waals surface area contributed by atoms with Crippen molar-refractivity contribution in [2.24, 2.45) is 0 Å². The monoisotopic (exact) mass is 313 g/mol. The molecular formula is C12H9BrFNO3. The first-order valence-electron chi connectivity index (χ1n) is 5.00. The van der Waals surface area contributed by atoms with Gasteiger partial charge < -0.3 is 14.5 Å². The number of halogens is 2. The smallest absolute Gasteiger partial charge is 0.291 e. The van der Waals surface area contributed by atoms with Crippen LogP contribution in [-0.4, -0.2) is 13.0 Å². The van der Waals surface area contributed by atoms with E-state index < -0.39 is 11.7 Å². The molecule has 0 aliphatic heterocycles. The summed E-state index contributed by atoms with van der Waals surface area (Å²) in [7, 11) is 1.44. The maximum absolute atomic E-state index is 13.1.